The zero-order chi connectivity index (χ0) is 20.1. The van der Waals surface area contributed by atoms with E-state index < -0.39 is 0 Å². The largest absolute Gasteiger partial charge is 0.372 e. The Morgan fingerprint density at radius 3 is 2.79 bits per heavy atom. The molecule has 6 nitrogen and oxygen atoms in total. The highest BCUT2D eigenvalue weighted by Crippen LogP contribution is 2.36. The van der Waals surface area contributed by atoms with E-state index in [1.165, 1.54) is 5.56 Å². The molecule has 4 aromatic rings. The topological polar surface area (TPSA) is 61.4 Å². The highest BCUT2D eigenvalue weighted by molar-refractivity contribution is 7.18. The van der Waals surface area contributed by atoms with Crippen molar-refractivity contribution in [3.8, 4) is 0 Å². The number of hydrogen-bond acceptors (Lipinski definition) is 5. The molecule has 0 radical (unpaired) electrons. The Balaban J connectivity index is 1.69. The summed E-state index contributed by atoms with van der Waals surface area (Å²) < 4.78 is 9.89. The molecule has 1 aromatic carbocycles. The van der Waals surface area contributed by atoms with Crippen LogP contribution in [0.4, 0.5) is 0 Å². The Labute approximate surface area is 172 Å². The monoisotopic (exact) mass is 408 g/mol. The number of hydrogen-bond donors (Lipinski definition) is 0. The molecule has 1 unspecified atom stereocenters. The van der Waals surface area contributed by atoms with E-state index in [1.807, 2.05) is 29.5 Å². The van der Waals surface area contributed by atoms with E-state index in [4.69, 9.17) is 4.74 Å². The lowest BCUT2D eigenvalue weighted by atomic mass is 9.96. The van der Waals surface area contributed by atoms with Crippen LogP contribution in [0.5, 0.6) is 0 Å². The van der Waals surface area contributed by atoms with Crippen LogP contribution in [0.3, 0.4) is 0 Å². The van der Waals surface area contributed by atoms with Gasteiger partial charge in [0.2, 0.25) is 5.78 Å². The lowest BCUT2D eigenvalue weighted by Gasteiger charge is -2.26. The number of fused-ring (bicyclic) bond motifs is 5. The van der Waals surface area contributed by atoms with Crippen molar-refractivity contribution in [3.63, 3.8) is 0 Å². The molecule has 1 atom stereocenters. The third-order valence-electron chi connectivity index (χ3n) is 5.83. The molecule has 0 fully saturated rings. The van der Waals surface area contributed by atoms with Crippen molar-refractivity contribution in [2.24, 2.45) is 5.92 Å². The minimum atomic E-state index is 0.0396. The van der Waals surface area contributed by atoms with Gasteiger partial charge in [-0.1, -0.05) is 44.2 Å². The quantitative estimate of drug-likeness (QED) is 0.516. The van der Waals surface area contributed by atoms with Gasteiger partial charge in [-0.05, 0) is 30.4 Å². The standard InChI is InChI=1S/C22H24N4O2S/c1-13(2)17-11-16-18(12-28-17)29-21-19(16)20(27)25(22-24-23-14(3)26(21)22)10-9-15-7-5-4-6-8-15/h4-8,13,17H,9-12H2,1-3H3. The summed E-state index contributed by atoms with van der Waals surface area (Å²) in [5, 5.41) is 9.44. The zero-order valence-corrected chi connectivity index (χ0v) is 17.7. The Morgan fingerprint density at radius 2 is 2.03 bits per heavy atom. The zero-order valence-electron chi connectivity index (χ0n) is 16.9. The number of nitrogens with zero attached hydrogens (tertiary/aromatic N) is 4. The number of aryl methyl sites for hydroxylation is 3. The number of rotatable bonds is 4. The highest BCUT2D eigenvalue weighted by Gasteiger charge is 2.29. The average Bonchev–Trinajstić information content (AvgIpc) is 3.28. The molecule has 0 bridgehead atoms. The number of ether oxygens (including phenoxy) is 1. The molecule has 7 heteroatoms. The Kier molecular flexibility index (Phi) is 4.52. The Bertz CT molecular complexity index is 1250. The minimum absolute atomic E-state index is 0.0396. The van der Waals surface area contributed by atoms with E-state index in [0.717, 1.165) is 39.3 Å². The third-order valence-corrected chi connectivity index (χ3v) is 7.02. The van der Waals surface area contributed by atoms with E-state index in [1.54, 1.807) is 15.9 Å². The van der Waals surface area contributed by atoms with Crippen LogP contribution in [-0.2, 0) is 30.7 Å². The lowest BCUT2D eigenvalue weighted by molar-refractivity contribution is 0.00200. The summed E-state index contributed by atoms with van der Waals surface area (Å²) in [6.07, 6.45) is 1.71. The summed E-state index contributed by atoms with van der Waals surface area (Å²) in [5.74, 6) is 1.84. The molecule has 0 saturated heterocycles. The predicted octanol–water partition coefficient (Wildman–Crippen LogP) is 3.75. The van der Waals surface area contributed by atoms with Gasteiger partial charge in [0.25, 0.3) is 5.56 Å². The number of benzene rings is 1. The summed E-state index contributed by atoms with van der Waals surface area (Å²) in [6.45, 7) is 7.44. The first-order valence-corrected chi connectivity index (χ1v) is 10.9. The molecule has 0 spiro atoms. The fourth-order valence-corrected chi connectivity index (χ4v) is 5.44. The molecule has 3 aromatic heterocycles. The molecule has 1 aliphatic heterocycles. The summed E-state index contributed by atoms with van der Waals surface area (Å²) >= 11 is 1.64. The van der Waals surface area contributed by atoms with Crippen LogP contribution in [0.1, 0.15) is 35.7 Å². The van der Waals surface area contributed by atoms with Gasteiger partial charge in [0.15, 0.2) is 0 Å². The van der Waals surface area contributed by atoms with E-state index >= 15 is 0 Å². The SMILES string of the molecule is Cc1nnc2n(CCc3ccccc3)c(=O)c3c4c(sc3n12)COC(C(C)C)C4. The lowest BCUT2D eigenvalue weighted by Crippen LogP contribution is -2.29. The Morgan fingerprint density at radius 1 is 1.24 bits per heavy atom. The van der Waals surface area contributed by atoms with Crippen molar-refractivity contribution >= 4 is 27.3 Å². The Hall–Kier alpha value is -2.51. The summed E-state index contributed by atoms with van der Waals surface area (Å²) in [4.78, 5) is 15.7. The fraction of sp³-hybridized carbons (Fsp3) is 0.409. The second-order valence-corrected chi connectivity index (χ2v) is 9.14. The normalized spacial score (nSPS) is 16.8. The highest BCUT2D eigenvalue weighted by atomic mass is 32.1. The van der Waals surface area contributed by atoms with Gasteiger partial charge in [-0.2, -0.15) is 0 Å². The van der Waals surface area contributed by atoms with Crippen molar-refractivity contribution in [2.75, 3.05) is 0 Å². The van der Waals surface area contributed by atoms with Crippen LogP contribution in [-0.4, -0.2) is 25.3 Å². The molecule has 0 N–H and O–H groups in total. The van der Waals surface area contributed by atoms with Crippen molar-refractivity contribution in [1.29, 1.82) is 0 Å². The maximum absolute atomic E-state index is 13.6. The summed E-state index contributed by atoms with van der Waals surface area (Å²) in [5.41, 5.74) is 2.40. The van der Waals surface area contributed by atoms with Gasteiger partial charge in [-0.3, -0.25) is 13.8 Å². The van der Waals surface area contributed by atoms with Gasteiger partial charge in [0.05, 0.1) is 18.1 Å². The van der Waals surface area contributed by atoms with Crippen LogP contribution >= 0.6 is 11.3 Å². The van der Waals surface area contributed by atoms with Crippen molar-refractivity contribution in [3.05, 3.63) is 62.5 Å². The number of thiophene rings is 1. The first-order chi connectivity index (χ1) is 14.0. The van der Waals surface area contributed by atoms with Gasteiger partial charge < -0.3 is 4.74 Å². The summed E-state index contributed by atoms with van der Waals surface area (Å²) in [6, 6.07) is 10.2. The minimum Gasteiger partial charge on any atom is -0.372 e. The first-order valence-electron chi connectivity index (χ1n) is 10.1. The smallest absolute Gasteiger partial charge is 0.263 e. The maximum atomic E-state index is 13.6. The van der Waals surface area contributed by atoms with Gasteiger partial charge in [0.1, 0.15) is 10.7 Å². The van der Waals surface area contributed by atoms with E-state index in [-0.39, 0.29) is 11.7 Å². The molecule has 29 heavy (non-hydrogen) atoms. The van der Waals surface area contributed by atoms with E-state index in [2.05, 4.69) is 36.2 Å². The van der Waals surface area contributed by atoms with Crippen LogP contribution in [0.25, 0.3) is 16.0 Å². The first kappa shape index (κ1) is 18.5. The predicted molar refractivity (Wildman–Crippen MR) is 115 cm³/mol. The molecule has 0 aliphatic carbocycles. The van der Waals surface area contributed by atoms with E-state index in [9.17, 15) is 4.79 Å². The van der Waals surface area contributed by atoms with Crippen molar-refractivity contribution < 1.29 is 4.74 Å². The fourth-order valence-electron chi connectivity index (χ4n) is 4.16. The van der Waals surface area contributed by atoms with Gasteiger partial charge in [0, 0.05) is 17.8 Å². The average molecular weight is 409 g/mol. The molecule has 1 aliphatic rings. The number of aromatic nitrogens is 4. The van der Waals surface area contributed by atoms with Crippen LogP contribution in [0, 0.1) is 12.8 Å². The van der Waals surface area contributed by atoms with Crippen molar-refractivity contribution in [2.45, 2.75) is 52.9 Å². The summed E-state index contributed by atoms with van der Waals surface area (Å²) in [7, 11) is 0. The van der Waals surface area contributed by atoms with E-state index in [0.29, 0.717) is 24.8 Å². The van der Waals surface area contributed by atoms with Crippen LogP contribution in [0.15, 0.2) is 35.1 Å². The molecule has 4 heterocycles. The third kappa shape index (κ3) is 3.00. The van der Waals surface area contributed by atoms with Gasteiger partial charge in [-0.25, -0.2) is 0 Å². The second kappa shape index (κ2) is 7.07. The molecular weight excluding hydrogens is 384 g/mol. The van der Waals surface area contributed by atoms with Gasteiger partial charge in [-0.15, -0.1) is 21.5 Å². The molecule has 5 rings (SSSR count). The molecule has 0 saturated carbocycles. The molecular formula is C22H24N4O2S. The second-order valence-electron chi connectivity index (χ2n) is 8.06. The van der Waals surface area contributed by atoms with Crippen LogP contribution in [0.2, 0.25) is 0 Å². The maximum Gasteiger partial charge on any atom is 0.263 e. The van der Waals surface area contributed by atoms with Crippen LogP contribution < -0.4 is 5.56 Å². The van der Waals surface area contributed by atoms with Crippen molar-refractivity contribution in [1.82, 2.24) is 19.2 Å². The van der Waals surface area contributed by atoms with Gasteiger partial charge >= 0.3 is 0 Å². The molecule has 0 amide bonds. The molecule has 150 valence electrons.